The summed E-state index contributed by atoms with van der Waals surface area (Å²) in [5, 5.41) is 1.82. The second kappa shape index (κ2) is 9.12. The molecular formula is C19H24N2O3S3. The van der Waals surface area contributed by atoms with Crippen molar-refractivity contribution in [3.63, 3.8) is 0 Å². The Bertz CT molecular complexity index is 870. The molecule has 1 N–H and O–H groups in total. The number of sulfonamides is 1. The highest BCUT2D eigenvalue weighted by molar-refractivity contribution is 7.99. The van der Waals surface area contributed by atoms with Crippen molar-refractivity contribution < 1.29 is 13.2 Å². The quantitative estimate of drug-likeness (QED) is 0.737. The molecule has 1 aromatic carbocycles. The fraction of sp³-hybridized carbons (Fsp3) is 0.421. The van der Waals surface area contributed by atoms with Gasteiger partial charge in [-0.05, 0) is 35.6 Å². The minimum Gasteiger partial charge on any atom is -0.341 e. The number of carbonyl (C=O) groups is 1. The minimum atomic E-state index is -3.67. The van der Waals surface area contributed by atoms with Crippen LogP contribution in [0.1, 0.15) is 23.8 Å². The molecule has 3 rings (SSSR count). The normalized spacial score (nSPS) is 14.9. The van der Waals surface area contributed by atoms with Crippen LogP contribution in [0.3, 0.4) is 0 Å². The lowest BCUT2D eigenvalue weighted by atomic mass is 10.1. The van der Waals surface area contributed by atoms with Gasteiger partial charge in [-0.15, -0.1) is 11.3 Å². The highest BCUT2D eigenvalue weighted by atomic mass is 32.2. The summed E-state index contributed by atoms with van der Waals surface area (Å²) in [6.45, 7) is 3.62. The number of amides is 1. The highest BCUT2D eigenvalue weighted by Crippen LogP contribution is 2.27. The van der Waals surface area contributed by atoms with Gasteiger partial charge in [0.05, 0.1) is 17.0 Å². The molecule has 0 aliphatic carbocycles. The average Bonchev–Trinajstić information content (AvgIpc) is 3.09. The van der Waals surface area contributed by atoms with Crippen LogP contribution in [0.25, 0.3) is 0 Å². The van der Waals surface area contributed by atoms with Crippen LogP contribution in [0, 0.1) is 0 Å². The molecule has 8 heteroatoms. The van der Waals surface area contributed by atoms with E-state index < -0.39 is 10.0 Å². The van der Waals surface area contributed by atoms with E-state index in [1.807, 2.05) is 34.2 Å². The number of anilines is 1. The van der Waals surface area contributed by atoms with E-state index in [-0.39, 0.29) is 17.2 Å². The molecule has 0 bridgehead atoms. The zero-order valence-corrected chi connectivity index (χ0v) is 17.8. The van der Waals surface area contributed by atoms with E-state index in [0.29, 0.717) is 5.69 Å². The van der Waals surface area contributed by atoms with Gasteiger partial charge >= 0.3 is 0 Å². The number of hydrogen-bond donors (Lipinski definition) is 1. The third kappa shape index (κ3) is 5.27. The highest BCUT2D eigenvalue weighted by Gasteiger charge is 2.21. The lowest BCUT2D eigenvalue weighted by Gasteiger charge is -2.26. The van der Waals surface area contributed by atoms with Crippen LogP contribution in [0.15, 0.2) is 40.6 Å². The number of rotatable bonds is 7. The predicted molar refractivity (Wildman–Crippen MR) is 113 cm³/mol. The van der Waals surface area contributed by atoms with Crippen LogP contribution in [0.4, 0.5) is 5.69 Å². The summed E-state index contributed by atoms with van der Waals surface area (Å²) in [6, 6.07) is 8.70. The van der Waals surface area contributed by atoms with Crippen molar-refractivity contribution >= 4 is 44.7 Å². The van der Waals surface area contributed by atoms with E-state index in [1.165, 1.54) is 11.3 Å². The second-order valence-electron chi connectivity index (χ2n) is 6.43. The van der Waals surface area contributed by atoms with Gasteiger partial charge in [-0.2, -0.15) is 11.8 Å². The number of nitrogens with zero attached hydrogens (tertiary/aromatic N) is 1. The Labute approximate surface area is 169 Å². The van der Waals surface area contributed by atoms with Gasteiger partial charge in [0.1, 0.15) is 0 Å². The molecule has 1 aromatic heterocycles. The lowest BCUT2D eigenvalue weighted by Crippen LogP contribution is -2.38. The summed E-state index contributed by atoms with van der Waals surface area (Å²) in [5.74, 6) is 1.98. The first kappa shape index (κ1) is 20.2. The molecule has 5 nitrogen and oxygen atoms in total. The summed E-state index contributed by atoms with van der Waals surface area (Å²) in [7, 11) is -3.67. The van der Waals surface area contributed by atoms with Gasteiger partial charge in [0.15, 0.2) is 0 Å². The summed E-state index contributed by atoms with van der Waals surface area (Å²) in [4.78, 5) is 15.3. The molecule has 0 atom stereocenters. The molecule has 2 aromatic rings. The van der Waals surface area contributed by atoms with Gasteiger partial charge in [0, 0.05) is 29.5 Å². The first-order valence-electron chi connectivity index (χ1n) is 9.03. The van der Waals surface area contributed by atoms with E-state index in [9.17, 15) is 13.2 Å². The molecule has 1 aliphatic rings. The molecule has 0 radical (unpaired) electrons. The van der Waals surface area contributed by atoms with Gasteiger partial charge < -0.3 is 4.90 Å². The molecule has 0 unspecified atom stereocenters. The Morgan fingerprint density at radius 2 is 1.85 bits per heavy atom. The van der Waals surface area contributed by atoms with Crippen molar-refractivity contribution in [1.82, 2.24) is 4.90 Å². The Balaban J connectivity index is 1.70. The van der Waals surface area contributed by atoms with Crippen molar-refractivity contribution in [2.45, 2.75) is 31.1 Å². The van der Waals surface area contributed by atoms with Crippen molar-refractivity contribution in [1.29, 1.82) is 0 Å². The van der Waals surface area contributed by atoms with E-state index in [1.54, 1.807) is 18.2 Å². The van der Waals surface area contributed by atoms with Crippen LogP contribution in [0.2, 0.25) is 0 Å². The molecule has 1 aliphatic heterocycles. The third-order valence-corrected chi connectivity index (χ3v) is 7.68. The molecule has 146 valence electrons. The van der Waals surface area contributed by atoms with Crippen LogP contribution in [-0.2, 0) is 27.7 Å². The molecule has 1 saturated heterocycles. The van der Waals surface area contributed by atoms with E-state index in [4.69, 9.17) is 0 Å². The van der Waals surface area contributed by atoms with Crippen LogP contribution < -0.4 is 4.72 Å². The number of thiophene rings is 1. The minimum absolute atomic E-state index is 0.0575. The number of aryl methyl sites for hydroxylation is 1. The van der Waals surface area contributed by atoms with Gasteiger partial charge in [-0.1, -0.05) is 25.5 Å². The Hall–Kier alpha value is -1.51. The monoisotopic (exact) mass is 424 g/mol. The molecular weight excluding hydrogens is 400 g/mol. The summed E-state index contributed by atoms with van der Waals surface area (Å²) < 4.78 is 28.1. The first-order valence-corrected chi connectivity index (χ1v) is 12.5. The Morgan fingerprint density at radius 1 is 1.15 bits per heavy atom. The maximum Gasteiger partial charge on any atom is 0.261 e. The summed E-state index contributed by atoms with van der Waals surface area (Å²) >= 11 is 3.26. The average molecular weight is 425 g/mol. The fourth-order valence-electron chi connectivity index (χ4n) is 2.96. The molecule has 1 amide bonds. The van der Waals surface area contributed by atoms with Crippen molar-refractivity contribution in [2.75, 3.05) is 29.3 Å². The molecule has 1 fully saturated rings. The van der Waals surface area contributed by atoms with Gasteiger partial charge in [0.2, 0.25) is 5.91 Å². The Morgan fingerprint density at radius 3 is 2.52 bits per heavy atom. The van der Waals surface area contributed by atoms with Gasteiger partial charge in [0.25, 0.3) is 10.0 Å². The predicted octanol–water partition coefficient (Wildman–Crippen LogP) is 3.62. The lowest BCUT2D eigenvalue weighted by molar-refractivity contribution is -0.130. The third-order valence-electron chi connectivity index (χ3n) is 4.44. The number of hydrogen-bond acceptors (Lipinski definition) is 5. The second-order valence-corrected chi connectivity index (χ2v) is 10.3. The zero-order valence-electron chi connectivity index (χ0n) is 15.3. The Kier molecular flexibility index (Phi) is 6.83. The van der Waals surface area contributed by atoms with Gasteiger partial charge in [-0.3, -0.25) is 9.52 Å². The number of benzene rings is 1. The van der Waals surface area contributed by atoms with Crippen molar-refractivity contribution in [2.24, 2.45) is 0 Å². The summed E-state index contributed by atoms with van der Waals surface area (Å²) in [6.07, 6.45) is 2.18. The van der Waals surface area contributed by atoms with E-state index >= 15 is 0 Å². The zero-order chi connectivity index (χ0) is 19.3. The molecule has 27 heavy (non-hydrogen) atoms. The molecule has 2 heterocycles. The largest absolute Gasteiger partial charge is 0.341 e. The maximum atomic E-state index is 12.7. The SMILES string of the molecule is CCCc1ccc(S(=O)(=O)Nc2ccsc2CC(=O)N2CCSCC2)cc1. The van der Waals surface area contributed by atoms with Crippen molar-refractivity contribution in [3.8, 4) is 0 Å². The van der Waals surface area contributed by atoms with E-state index in [0.717, 1.165) is 47.9 Å². The van der Waals surface area contributed by atoms with Crippen molar-refractivity contribution in [3.05, 3.63) is 46.2 Å². The number of nitrogens with one attached hydrogen (secondary N) is 1. The standard InChI is InChI=1S/C19H24N2O3S3/c1-2-3-15-4-6-16(7-5-15)27(23,24)20-17-8-11-26-18(17)14-19(22)21-9-12-25-13-10-21/h4-8,11,20H,2-3,9-10,12-14H2,1H3. The van der Waals surface area contributed by atoms with Gasteiger partial charge in [-0.25, -0.2) is 8.42 Å². The fourth-order valence-corrected chi connectivity index (χ4v) is 5.84. The van der Waals surface area contributed by atoms with Crippen LogP contribution in [-0.4, -0.2) is 43.8 Å². The first-order chi connectivity index (χ1) is 13.0. The number of thioether (sulfide) groups is 1. The topological polar surface area (TPSA) is 66.5 Å². The van der Waals surface area contributed by atoms with Crippen LogP contribution >= 0.6 is 23.1 Å². The van der Waals surface area contributed by atoms with E-state index in [2.05, 4.69) is 11.6 Å². The maximum absolute atomic E-state index is 12.7. The van der Waals surface area contributed by atoms with Crippen LogP contribution in [0.5, 0.6) is 0 Å². The smallest absolute Gasteiger partial charge is 0.261 e. The summed E-state index contributed by atoms with van der Waals surface area (Å²) in [5.41, 5.74) is 1.62. The number of carbonyl (C=O) groups excluding carboxylic acids is 1. The molecule has 0 spiro atoms. The molecule has 0 saturated carbocycles.